The Kier molecular flexibility index (Phi) is 4.91. The maximum atomic E-state index is 13.1. The summed E-state index contributed by atoms with van der Waals surface area (Å²) in [6.45, 7) is 2.61. The third-order valence-electron chi connectivity index (χ3n) is 3.31. The first-order valence-corrected chi connectivity index (χ1v) is 7.18. The minimum Gasteiger partial charge on any atom is -0.323 e. The van der Waals surface area contributed by atoms with Gasteiger partial charge in [-0.05, 0) is 0 Å². The number of rotatable bonds is 5. The van der Waals surface area contributed by atoms with Crippen LogP contribution in [0.3, 0.4) is 0 Å². The molecule has 2 amide bonds. The second-order valence-corrected chi connectivity index (χ2v) is 5.17. The molecule has 0 spiro atoms. The quantitative estimate of drug-likeness (QED) is 0.655. The van der Waals surface area contributed by atoms with E-state index in [2.05, 4.69) is 10.6 Å². The molecule has 2 aromatic rings. The zero-order valence-corrected chi connectivity index (χ0v) is 13.0. The molecule has 23 heavy (non-hydrogen) atoms. The Bertz CT molecular complexity index is 696. The van der Waals surface area contributed by atoms with Crippen molar-refractivity contribution in [2.75, 3.05) is 0 Å². The average molecular weight is 310 g/mol. The van der Waals surface area contributed by atoms with Crippen LogP contribution < -0.4 is 10.6 Å². The van der Waals surface area contributed by atoms with Gasteiger partial charge in [-0.15, -0.1) is 0 Å². The van der Waals surface area contributed by atoms with E-state index in [0.29, 0.717) is 11.1 Å². The summed E-state index contributed by atoms with van der Waals surface area (Å²) in [5, 5.41) is 5.24. The maximum Gasteiger partial charge on any atom is 0.219 e. The predicted octanol–water partition coefficient (Wildman–Crippen LogP) is 1.99. The van der Waals surface area contributed by atoms with Crippen molar-refractivity contribution in [1.82, 2.24) is 10.6 Å². The van der Waals surface area contributed by atoms with Crippen molar-refractivity contribution >= 4 is 17.6 Å². The summed E-state index contributed by atoms with van der Waals surface area (Å²) in [5.74, 6) is -1.26. The molecule has 0 aliphatic heterocycles. The van der Waals surface area contributed by atoms with Gasteiger partial charge in [-0.25, -0.2) is 0 Å². The molecule has 0 atom stereocenters. The van der Waals surface area contributed by atoms with Gasteiger partial charge in [0.25, 0.3) is 0 Å². The van der Waals surface area contributed by atoms with Gasteiger partial charge in [0.2, 0.25) is 23.3 Å². The van der Waals surface area contributed by atoms with Gasteiger partial charge >= 0.3 is 0 Å². The lowest BCUT2D eigenvalue weighted by Crippen LogP contribution is -2.62. The normalized spacial score (nSPS) is 10.7. The summed E-state index contributed by atoms with van der Waals surface area (Å²) in [6, 6.07) is 17.2. The van der Waals surface area contributed by atoms with Crippen LogP contribution in [0, 0.1) is 0 Å². The molecule has 0 radical (unpaired) electrons. The Hall–Kier alpha value is -2.95. The molecule has 0 heterocycles. The molecular weight excluding hydrogens is 292 g/mol. The van der Waals surface area contributed by atoms with Gasteiger partial charge in [0.1, 0.15) is 0 Å². The van der Waals surface area contributed by atoms with Crippen LogP contribution in [-0.2, 0) is 15.3 Å². The van der Waals surface area contributed by atoms with E-state index in [1.54, 1.807) is 60.7 Å². The Morgan fingerprint density at radius 3 is 1.61 bits per heavy atom. The molecule has 0 aromatic heterocycles. The van der Waals surface area contributed by atoms with Gasteiger partial charge in [-0.2, -0.15) is 0 Å². The van der Waals surface area contributed by atoms with E-state index >= 15 is 0 Å². The van der Waals surface area contributed by atoms with Crippen LogP contribution in [0.15, 0.2) is 60.7 Å². The Balaban J connectivity index is 2.63. The number of carbonyl (C=O) groups excluding carboxylic acids is 3. The van der Waals surface area contributed by atoms with Gasteiger partial charge < -0.3 is 10.6 Å². The number of hydrogen-bond acceptors (Lipinski definition) is 3. The van der Waals surface area contributed by atoms with Crippen LogP contribution >= 0.6 is 0 Å². The SMILES string of the molecule is CC(=O)NC(NC(C)=O)(C(=O)c1ccccc1)c1ccccc1. The van der Waals surface area contributed by atoms with Gasteiger partial charge in [0.15, 0.2) is 0 Å². The number of carbonyl (C=O) groups is 3. The predicted molar refractivity (Wildman–Crippen MR) is 86.5 cm³/mol. The van der Waals surface area contributed by atoms with Crippen molar-refractivity contribution in [3.63, 3.8) is 0 Å². The fourth-order valence-corrected chi connectivity index (χ4v) is 2.44. The molecule has 5 heteroatoms. The van der Waals surface area contributed by atoms with Crippen LogP contribution in [0.4, 0.5) is 0 Å². The summed E-state index contributed by atoms with van der Waals surface area (Å²) >= 11 is 0. The minimum absolute atomic E-state index is 0.388. The third-order valence-corrected chi connectivity index (χ3v) is 3.31. The first-order chi connectivity index (χ1) is 11.0. The zero-order chi connectivity index (χ0) is 16.9. The molecule has 2 N–H and O–H groups in total. The van der Waals surface area contributed by atoms with E-state index in [0.717, 1.165) is 0 Å². The van der Waals surface area contributed by atoms with Crippen molar-refractivity contribution in [2.45, 2.75) is 19.5 Å². The van der Waals surface area contributed by atoms with Crippen molar-refractivity contribution in [2.24, 2.45) is 0 Å². The molecule has 0 unspecified atom stereocenters. The summed E-state index contributed by atoms with van der Waals surface area (Å²) in [4.78, 5) is 36.6. The highest BCUT2D eigenvalue weighted by Crippen LogP contribution is 2.24. The van der Waals surface area contributed by atoms with E-state index in [9.17, 15) is 14.4 Å². The van der Waals surface area contributed by atoms with Crippen LogP contribution in [0.1, 0.15) is 29.8 Å². The smallest absolute Gasteiger partial charge is 0.219 e. The Morgan fingerprint density at radius 2 is 1.17 bits per heavy atom. The second-order valence-electron chi connectivity index (χ2n) is 5.17. The fraction of sp³-hybridized carbons (Fsp3) is 0.167. The highest BCUT2D eigenvalue weighted by molar-refractivity contribution is 6.06. The summed E-state index contributed by atoms with van der Waals surface area (Å²) in [7, 11) is 0. The fourth-order valence-electron chi connectivity index (χ4n) is 2.44. The molecule has 0 bridgehead atoms. The summed E-state index contributed by atoms with van der Waals surface area (Å²) in [6.07, 6.45) is 0. The van der Waals surface area contributed by atoms with E-state index in [4.69, 9.17) is 0 Å². The Morgan fingerprint density at radius 1 is 0.739 bits per heavy atom. The number of Topliss-reactive ketones (excluding diaryl/α,β-unsaturated/α-hetero) is 1. The largest absolute Gasteiger partial charge is 0.323 e. The molecule has 5 nitrogen and oxygen atoms in total. The molecular formula is C18H18N2O3. The number of nitrogens with one attached hydrogen (secondary N) is 2. The monoisotopic (exact) mass is 310 g/mol. The van der Waals surface area contributed by atoms with Crippen LogP contribution in [0.5, 0.6) is 0 Å². The van der Waals surface area contributed by atoms with Crippen molar-refractivity contribution < 1.29 is 14.4 Å². The molecule has 118 valence electrons. The third kappa shape index (κ3) is 3.63. The maximum absolute atomic E-state index is 13.1. The van der Waals surface area contributed by atoms with Crippen molar-refractivity contribution in [3.8, 4) is 0 Å². The molecule has 0 fully saturated rings. The van der Waals surface area contributed by atoms with E-state index in [1.165, 1.54) is 13.8 Å². The summed E-state index contributed by atoms with van der Waals surface area (Å²) in [5.41, 5.74) is -0.765. The molecule has 0 saturated heterocycles. The minimum atomic E-state index is -1.64. The molecule has 0 aliphatic carbocycles. The molecule has 0 aliphatic rings. The molecule has 2 rings (SSSR count). The lowest BCUT2D eigenvalue weighted by atomic mass is 9.90. The lowest BCUT2D eigenvalue weighted by molar-refractivity contribution is -0.124. The zero-order valence-electron chi connectivity index (χ0n) is 13.0. The van der Waals surface area contributed by atoms with E-state index in [1.807, 2.05) is 0 Å². The van der Waals surface area contributed by atoms with Gasteiger partial charge in [0, 0.05) is 25.0 Å². The van der Waals surface area contributed by atoms with E-state index in [-0.39, 0.29) is 0 Å². The highest BCUT2D eigenvalue weighted by atomic mass is 16.2. The van der Waals surface area contributed by atoms with Gasteiger partial charge in [-0.3, -0.25) is 14.4 Å². The van der Waals surface area contributed by atoms with Crippen molar-refractivity contribution in [1.29, 1.82) is 0 Å². The van der Waals surface area contributed by atoms with Gasteiger partial charge in [-0.1, -0.05) is 60.7 Å². The van der Waals surface area contributed by atoms with E-state index < -0.39 is 23.3 Å². The lowest BCUT2D eigenvalue weighted by Gasteiger charge is -2.34. The first kappa shape index (κ1) is 16.4. The van der Waals surface area contributed by atoms with Crippen LogP contribution in [-0.4, -0.2) is 17.6 Å². The van der Waals surface area contributed by atoms with Gasteiger partial charge in [0.05, 0.1) is 0 Å². The van der Waals surface area contributed by atoms with Crippen LogP contribution in [0.25, 0.3) is 0 Å². The topological polar surface area (TPSA) is 75.3 Å². The molecule has 2 aromatic carbocycles. The van der Waals surface area contributed by atoms with Crippen LogP contribution in [0.2, 0.25) is 0 Å². The Labute approximate surface area is 134 Å². The number of ketones is 1. The summed E-state index contributed by atoms with van der Waals surface area (Å²) < 4.78 is 0. The standard InChI is InChI=1S/C18H18N2O3/c1-13(21)19-18(20-14(2)22,16-11-7-4-8-12-16)17(23)15-9-5-3-6-10-15/h3-12H,1-2H3,(H,19,21)(H,20,22). The highest BCUT2D eigenvalue weighted by Gasteiger charge is 2.42. The number of benzene rings is 2. The number of hydrogen-bond donors (Lipinski definition) is 2. The number of amides is 2. The first-order valence-electron chi connectivity index (χ1n) is 7.18. The van der Waals surface area contributed by atoms with Crippen molar-refractivity contribution in [3.05, 3.63) is 71.8 Å². The molecule has 0 saturated carbocycles. The second kappa shape index (κ2) is 6.87. The average Bonchev–Trinajstić information content (AvgIpc) is 2.54.